The van der Waals surface area contributed by atoms with E-state index in [1.165, 1.54) is 5.56 Å². The second kappa shape index (κ2) is 5.66. The van der Waals surface area contributed by atoms with E-state index in [2.05, 4.69) is 25.2 Å². The molecule has 2 nitrogen and oxygen atoms in total. The third kappa shape index (κ3) is 3.79. The molecule has 0 aliphatic rings. The van der Waals surface area contributed by atoms with E-state index in [0.29, 0.717) is 11.7 Å². The summed E-state index contributed by atoms with van der Waals surface area (Å²) < 4.78 is 0. The van der Waals surface area contributed by atoms with Gasteiger partial charge in [-0.3, -0.25) is 0 Å². The number of hydrogen-bond acceptors (Lipinski definition) is 2. The second-order valence-electron chi connectivity index (χ2n) is 3.79. The van der Waals surface area contributed by atoms with Gasteiger partial charge in [-0.2, -0.15) is 0 Å². The smallest absolute Gasteiger partial charge is 0.115 e. The van der Waals surface area contributed by atoms with Crippen molar-refractivity contribution < 1.29 is 5.11 Å². The second-order valence-corrected chi connectivity index (χ2v) is 3.79. The molecule has 0 heterocycles. The van der Waals surface area contributed by atoms with Crippen LogP contribution in [0.4, 0.5) is 0 Å². The molecule has 14 heavy (non-hydrogen) atoms. The SMILES string of the molecule is CCNCC(C)Cc1cccc(O)c1. The first-order valence-corrected chi connectivity index (χ1v) is 5.21. The highest BCUT2D eigenvalue weighted by molar-refractivity contribution is 5.27. The Balaban J connectivity index is 2.43. The molecule has 0 aliphatic carbocycles. The summed E-state index contributed by atoms with van der Waals surface area (Å²) in [6.07, 6.45) is 1.02. The molecule has 0 spiro atoms. The summed E-state index contributed by atoms with van der Waals surface area (Å²) in [6.45, 7) is 6.38. The maximum Gasteiger partial charge on any atom is 0.115 e. The van der Waals surface area contributed by atoms with Crippen LogP contribution in [0.25, 0.3) is 0 Å². The number of phenolic OH excluding ortho intramolecular Hbond substituents is 1. The topological polar surface area (TPSA) is 32.3 Å². The van der Waals surface area contributed by atoms with Crippen molar-refractivity contribution in [2.75, 3.05) is 13.1 Å². The molecule has 0 saturated heterocycles. The number of rotatable bonds is 5. The van der Waals surface area contributed by atoms with Crippen molar-refractivity contribution in [1.29, 1.82) is 0 Å². The molecule has 0 fully saturated rings. The minimum Gasteiger partial charge on any atom is -0.508 e. The highest BCUT2D eigenvalue weighted by Crippen LogP contribution is 2.14. The Morgan fingerprint density at radius 3 is 2.86 bits per heavy atom. The molecule has 1 aromatic rings. The Bertz CT molecular complexity index is 273. The maximum absolute atomic E-state index is 9.29. The molecule has 0 saturated carbocycles. The van der Waals surface area contributed by atoms with E-state index in [0.717, 1.165) is 19.5 Å². The Labute approximate surface area is 86.0 Å². The maximum atomic E-state index is 9.29. The fourth-order valence-electron chi connectivity index (χ4n) is 1.55. The third-order valence-electron chi connectivity index (χ3n) is 2.24. The van der Waals surface area contributed by atoms with Gasteiger partial charge in [0.1, 0.15) is 5.75 Å². The lowest BCUT2D eigenvalue weighted by atomic mass is 10.0. The average Bonchev–Trinajstić information content (AvgIpc) is 2.15. The van der Waals surface area contributed by atoms with Gasteiger partial charge in [0.25, 0.3) is 0 Å². The molecule has 0 radical (unpaired) electrons. The first-order chi connectivity index (χ1) is 6.72. The van der Waals surface area contributed by atoms with Gasteiger partial charge in [-0.1, -0.05) is 26.0 Å². The zero-order valence-electron chi connectivity index (χ0n) is 8.96. The quantitative estimate of drug-likeness (QED) is 0.751. The first-order valence-electron chi connectivity index (χ1n) is 5.21. The zero-order valence-corrected chi connectivity index (χ0v) is 8.96. The fourth-order valence-corrected chi connectivity index (χ4v) is 1.55. The van der Waals surface area contributed by atoms with E-state index in [4.69, 9.17) is 0 Å². The third-order valence-corrected chi connectivity index (χ3v) is 2.24. The van der Waals surface area contributed by atoms with Crippen LogP contribution < -0.4 is 5.32 Å². The molecule has 0 bridgehead atoms. The summed E-state index contributed by atoms with van der Waals surface area (Å²) in [5, 5.41) is 12.6. The molecular weight excluding hydrogens is 174 g/mol. The van der Waals surface area contributed by atoms with Gasteiger partial charge in [0, 0.05) is 0 Å². The Kier molecular flexibility index (Phi) is 4.47. The van der Waals surface area contributed by atoms with Crippen LogP contribution in [-0.2, 0) is 6.42 Å². The van der Waals surface area contributed by atoms with Crippen molar-refractivity contribution in [3.05, 3.63) is 29.8 Å². The Hall–Kier alpha value is -1.02. The van der Waals surface area contributed by atoms with Crippen molar-refractivity contribution in [2.24, 2.45) is 5.92 Å². The number of hydrogen-bond donors (Lipinski definition) is 2. The summed E-state index contributed by atoms with van der Waals surface area (Å²) in [5.41, 5.74) is 1.20. The largest absolute Gasteiger partial charge is 0.508 e. The van der Waals surface area contributed by atoms with Crippen LogP contribution in [0, 0.1) is 5.92 Å². The number of nitrogens with one attached hydrogen (secondary N) is 1. The van der Waals surface area contributed by atoms with Gasteiger partial charge in [-0.25, -0.2) is 0 Å². The van der Waals surface area contributed by atoms with Crippen molar-refractivity contribution in [3.63, 3.8) is 0 Å². The molecule has 1 atom stereocenters. The van der Waals surface area contributed by atoms with E-state index in [9.17, 15) is 5.11 Å². The van der Waals surface area contributed by atoms with Crippen LogP contribution in [0.2, 0.25) is 0 Å². The summed E-state index contributed by atoms with van der Waals surface area (Å²) in [5.74, 6) is 0.968. The van der Waals surface area contributed by atoms with E-state index in [-0.39, 0.29) is 0 Å². The van der Waals surface area contributed by atoms with E-state index >= 15 is 0 Å². The number of phenols is 1. The summed E-state index contributed by atoms with van der Waals surface area (Å²) in [4.78, 5) is 0. The molecule has 2 N–H and O–H groups in total. The van der Waals surface area contributed by atoms with Gasteiger partial charge >= 0.3 is 0 Å². The van der Waals surface area contributed by atoms with Crippen LogP contribution in [-0.4, -0.2) is 18.2 Å². The monoisotopic (exact) mass is 193 g/mol. The number of benzene rings is 1. The molecule has 78 valence electrons. The molecule has 0 aliphatic heterocycles. The summed E-state index contributed by atoms with van der Waals surface area (Å²) >= 11 is 0. The van der Waals surface area contributed by atoms with Gasteiger partial charge in [-0.15, -0.1) is 0 Å². The van der Waals surface area contributed by atoms with E-state index < -0.39 is 0 Å². The average molecular weight is 193 g/mol. The van der Waals surface area contributed by atoms with Crippen molar-refractivity contribution in [2.45, 2.75) is 20.3 Å². The predicted molar refractivity (Wildman–Crippen MR) is 59.5 cm³/mol. The first kappa shape index (κ1) is 11.1. The van der Waals surface area contributed by atoms with Crippen LogP contribution in [0.1, 0.15) is 19.4 Å². The van der Waals surface area contributed by atoms with Crippen LogP contribution in [0.15, 0.2) is 24.3 Å². The lowest BCUT2D eigenvalue weighted by Crippen LogP contribution is -2.21. The van der Waals surface area contributed by atoms with Gasteiger partial charge in [0.15, 0.2) is 0 Å². The lowest BCUT2D eigenvalue weighted by Gasteiger charge is -2.11. The fraction of sp³-hybridized carbons (Fsp3) is 0.500. The minimum atomic E-state index is 0.359. The van der Waals surface area contributed by atoms with Crippen LogP contribution in [0.5, 0.6) is 5.75 Å². The molecule has 0 aromatic heterocycles. The normalized spacial score (nSPS) is 12.7. The minimum absolute atomic E-state index is 0.359. The van der Waals surface area contributed by atoms with Gasteiger partial charge < -0.3 is 10.4 Å². The standard InChI is InChI=1S/C12H19NO/c1-3-13-9-10(2)7-11-5-4-6-12(14)8-11/h4-6,8,10,13-14H,3,7,9H2,1-2H3. The van der Waals surface area contributed by atoms with E-state index in [1.54, 1.807) is 6.07 Å². The molecule has 2 heteroatoms. The Morgan fingerprint density at radius 1 is 1.43 bits per heavy atom. The molecule has 1 rings (SSSR count). The predicted octanol–water partition coefficient (Wildman–Crippen LogP) is 2.18. The highest BCUT2D eigenvalue weighted by atomic mass is 16.3. The van der Waals surface area contributed by atoms with E-state index in [1.807, 2.05) is 12.1 Å². The van der Waals surface area contributed by atoms with Crippen molar-refractivity contribution >= 4 is 0 Å². The number of aromatic hydroxyl groups is 1. The zero-order chi connectivity index (χ0) is 10.4. The lowest BCUT2D eigenvalue weighted by molar-refractivity contribution is 0.472. The summed E-state index contributed by atoms with van der Waals surface area (Å²) in [7, 11) is 0. The van der Waals surface area contributed by atoms with Gasteiger partial charge in [-0.05, 0) is 43.1 Å². The van der Waals surface area contributed by atoms with Crippen molar-refractivity contribution in [1.82, 2.24) is 5.32 Å². The molecule has 1 aromatic carbocycles. The van der Waals surface area contributed by atoms with Gasteiger partial charge in [0.2, 0.25) is 0 Å². The Morgan fingerprint density at radius 2 is 2.21 bits per heavy atom. The molecule has 0 amide bonds. The highest BCUT2D eigenvalue weighted by Gasteiger charge is 2.03. The van der Waals surface area contributed by atoms with Crippen LogP contribution in [0.3, 0.4) is 0 Å². The van der Waals surface area contributed by atoms with Crippen molar-refractivity contribution in [3.8, 4) is 5.75 Å². The summed E-state index contributed by atoms with van der Waals surface area (Å²) in [6, 6.07) is 7.49. The van der Waals surface area contributed by atoms with Gasteiger partial charge in [0.05, 0.1) is 0 Å². The van der Waals surface area contributed by atoms with Crippen LogP contribution >= 0.6 is 0 Å². The molecular formula is C12H19NO. The molecule has 1 unspecified atom stereocenters.